The van der Waals surface area contributed by atoms with Crippen molar-refractivity contribution >= 4 is 41.2 Å². The summed E-state index contributed by atoms with van der Waals surface area (Å²) in [5.41, 5.74) is 0. The minimum absolute atomic E-state index is 0.0882. The monoisotopic (exact) mass is 393 g/mol. The van der Waals surface area contributed by atoms with Gasteiger partial charge in [-0.1, -0.05) is 13.3 Å². The minimum atomic E-state index is -0.810. The molecule has 2 heterocycles. The molecular weight excluding hydrogens is 370 g/mol. The second-order valence-corrected chi connectivity index (χ2v) is 6.31. The van der Waals surface area contributed by atoms with Crippen LogP contribution in [0.25, 0.3) is 6.08 Å². The molecule has 0 spiro atoms. The van der Waals surface area contributed by atoms with Gasteiger partial charge in [0.05, 0.1) is 19.3 Å². The number of hydrogen-bond donors (Lipinski definition) is 2. The summed E-state index contributed by atoms with van der Waals surface area (Å²) in [6, 6.07) is 2.60. The number of carbonyl (C=O) groups is 3. The van der Waals surface area contributed by atoms with Crippen LogP contribution in [-0.4, -0.2) is 53.5 Å². The minimum Gasteiger partial charge on any atom is -0.466 e. The Balaban J connectivity index is 1.93. The van der Waals surface area contributed by atoms with Crippen molar-refractivity contribution in [2.24, 2.45) is 0 Å². The SMILES string of the molecule is CCCCOC(=O)CC1C(=O)NCCN1C(=S)NC(=O)/C=C/c1ccco1. The third kappa shape index (κ3) is 6.52. The first-order chi connectivity index (χ1) is 13.0. The summed E-state index contributed by atoms with van der Waals surface area (Å²) in [7, 11) is 0. The molecule has 1 aliphatic heterocycles. The number of nitrogens with zero attached hydrogens (tertiary/aromatic N) is 1. The topological polar surface area (TPSA) is 101 Å². The van der Waals surface area contributed by atoms with Gasteiger partial charge in [-0.3, -0.25) is 19.7 Å². The molecule has 0 saturated carbocycles. The molecule has 146 valence electrons. The lowest BCUT2D eigenvalue weighted by molar-refractivity contribution is -0.147. The van der Waals surface area contributed by atoms with E-state index in [2.05, 4.69) is 10.6 Å². The van der Waals surface area contributed by atoms with Gasteiger partial charge in [-0.05, 0) is 36.8 Å². The van der Waals surface area contributed by atoms with Crippen molar-refractivity contribution in [2.45, 2.75) is 32.2 Å². The first-order valence-corrected chi connectivity index (χ1v) is 9.18. The number of hydrogen-bond acceptors (Lipinski definition) is 6. The van der Waals surface area contributed by atoms with Crippen LogP contribution in [0.4, 0.5) is 0 Å². The Morgan fingerprint density at radius 2 is 2.33 bits per heavy atom. The zero-order valence-corrected chi connectivity index (χ0v) is 15.9. The van der Waals surface area contributed by atoms with Gasteiger partial charge in [0.2, 0.25) is 11.8 Å². The van der Waals surface area contributed by atoms with Gasteiger partial charge in [-0.25, -0.2) is 0 Å². The largest absolute Gasteiger partial charge is 0.466 e. The smallest absolute Gasteiger partial charge is 0.308 e. The predicted molar refractivity (Wildman–Crippen MR) is 102 cm³/mol. The van der Waals surface area contributed by atoms with E-state index < -0.39 is 17.9 Å². The Hall–Kier alpha value is -2.68. The van der Waals surface area contributed by atoms with Gasteiger partial charge < -0.3 is 19.4 Å². The number of unbranched alkanes of at least 4 members (excludes halogenated alkanes) is 1. The number of amides is 2. The Labute approximate surface area is 162 Å². The number of rotatable bonds is 7. The predicted octanol–water partition coefficient (Wildman–Crippen LogP) is 1.23. The summed E-state index contributed by atoms with van der Waals surface area (Å²) in [5.74, 6) is -0.716. The molecule has 2 N–H and O–H groups in total. The van der Waals surface area contributed by atoms with Crippen molar-refractivity contribution < 1.29 is 23.5 Å². The first kappa shape index (κ1) is 20.6. The maximum absolute atomic E-state index is 12.2. The summed E-state index contributed by atoms with van der Waals surface area (Å²) < 4.78 is 10.2. The van der Waals surface area contributed by atoms with E-state index in [0.29, 0.717) is 25.5 Å². The zero-order chi connectivity index (χ0) is 19.6. The average Bonchev–Trinajstić information content (AvgIpc) is 3.15. The third-order valence-electron chi connectivity index (χ3n) is 3.88. The van der Waals surface area contributed by atoms with Crippen LogP contribution in [0.5, 0.6) is 0 Å². The van der Waals surface area contributed by atoms with E-state index in [9.17, 15) is 14.4 Å². The molecule has 2 rings (SSSR count). The van der Waals surface area contributed by atoms with E-state index in [0.717, 1.165) is 12.8 Å². The van der Waals surface area contributed by atoms with E-state index in [-0.39, 0.29) is 17.4 Å². The Kier molecular flexibility index (Phi) is 8.00. The Morgan fingerprint density at radius 1 is 1.52 bits per heavy atom. The second kappa shape index (κ2) is 10.5. The number of furan rings is 1. The summed E-state index contributed by atoms with van der Waals surface area (Å²) in [4.78, 5) is 37.7. The highest BCUT2D eigenvalue weighted by Crippen LogP contribution is 2.11. The molecule has 2 amide bonds. The molecule has 0 radical (unpaired) electrons. The summed E-state index contributed by atoms with van der Waals surface area (Å²) >= 11 is 5.26. The molecule has 9 heteroatoms. The second-order valence-electron chi connectivity index (χ2n) is 5.92. The lowest BCUT2D eigenvalue weighted by Crippen LogP contribution is -2.60. The fraction of sp³-hybridized carbons (Fsp3) is 0.444. The number of carbonyl (C=O) groups excluding carboxylic acids is 3. The standard InChI is InChI=1S/C18H23N3O5S/c1-2-3-10-26-16(23)12-14-17(24)19-8-9-21(14)18(27)20-15(22)7-6-13-5-4-11-25-13/h4-7,11,14H,2-3,8-10,12H2,1H3,(H,19,24)(H,20,22,27)/b7-6+. The van der Waals surface area contributed by atoms with E-state index in [1.807, 2.05) is 6.92 Å². The molecule has 1 fully saturated rings. The average molecular weight is 393 g/mol. The fourth-order valence-electron chi connectivity index (χ4n) is 2.47. The molecule has 1 aliphatic rings. The van der Waals surface area contributed by atoms with Gasteiger partial charge >= 0.3 is 5.97 Å². The highest BCUT2D eigenvalue weighted by Gasteiger charge is 2.34. The van der Waals surface area contributed by atoms with E-state index in [1.54, 1.807) is 12.1 Å². The summed E-state index contributed by atoms with van der Waals surface area (Å²) in [5, 5.41) is 5.33. The maximum atomic E-state index is 12.2. The number of piperazine rings is 1. The van der Waals surface area contributed by atoms with Crippen LogP contribution in [0.2, 0.25) is 0 Å². The van der Waals surface area contributed by atoms with Crippen molar-refractivity contribution in [1.29, 1.82) is 0 Å². The number of nitrogens with one attached hydrogen (secondary N) is 2. The molecular formula is C18H23N3O5S. The van der Waals surface area contributed by atoms with Gasteiger partial charge in [0.1, 0.15) is 11.8 Å². The van der Waals surface area contributed by atoms with E-state index >= 15 is 0 Å². The number of ether oxygens (including phenoxy) is 1. The quantitative estimate of drug-likeness (QED) is 0.311. The van der Waals surface area contributed by atoms with E-state index in [4.69, 9.17) is 21.4 Å². The van der Waals surface area contributed by atoms with Crippen molar-refractivity contribution in [3.8, 4) is 0 Å². The molecule has 1 unspecified atom stereocenters. The third-order valence-corrected chi connectivity index (χ3v) is 4.22. The van der Waals surface area contributed by atoms with Gasteiger partial charge in [0.25, 0.3) is 0 Å². The Bertz CT molecular complexity index is 702. The fourth-order valence-corrected chi connectivity index (χ4v) is 2.79. The molecule has 0 bridgehead atoms. The molecule has 8 nitrogen and oxygen atoms in total. The number of esters is 1. The lowest BCUT2D eigenvalue weighted by Gasteiger charge is -2.36. The van der Waals surface area contributed by atoms with Crippen LogP contribution in [0.3, 0.4) is 0 Å². The number of thiocarbonyl (C=S) groups is 1. The molecule has 1 aromatic rings. The van der Waals surface area contributed by atoms with Gasteiger partial charge in [-0.2, -0.15) is 0 Å². The lowest BCUT2D eigenvalue weighted by atomic mass is 10.1. The van der Waals surface area contributed by atoms with E-state index in [1.165, 1.54) is 23.3 Å². The summed E-state index contributed by atoms with van der Waals surface area (Å²) in [6.07, 6.45) is 5.83. The maximum Gasteiger partial charge on any atom is 0.308 e. The van der Waals surface area contributed by atoms with Gasteiger partial charge in [0, 0.05) is 19.2 Å². The van der Waals surface area contributed by atoms with Crippen LogP contribution in [-0.2, 0) is 19.1 Å². The Morgan fingerprint density at radius 3 is 3.04 bits per heavy atom. The van der Waals surface area contributed by atoms with Crippen molar-refractivity contribution in [3.05, 3.63) is 30.2 Å². The summed E-state index contributed by atoms with van der Waals surface area (Å²) in [6.45, 7) is 3.08. The van der Waals surface area contributed by atoms with Crippen LogP contribution in [0, 0.1) is 0 Å². The molecule has 1 saturated heterocycles. The highest BCUT2D eigenvalue weighted by molar-refractivity contribution is 7.80. The molecule has 1 aromatic heterocycles. The van der Waals surface area contributed by atoms with Crippen molar-refractivity contribution in [1.82, 2.24) is 15.5 Å². The highest BCUT2D eigenvalue weighted by atomic mass is 32.1. The van der Waals surface area contributed by atoms with Crippen molar-refractivity contribution in [2.75, 3.05) is 19.7 Å². The molecule has 0 aromatic carbocycles. The van der Waals surface area contributed by atoms with Crippen molar-refractivity contribution in [3.63, 3.8) is 0 Å². The molecule has 1 atom stereocenters. The first-order valence-electron chi connectivity index (χ1n) is 8.77. The van der Waals surface area contributed by atoms with Crippen LogP contribution < -0.4 is 10.6 Å². The molecule has 27 heavy (non-hydrogen) atoms. The molecule has 0 aliphatic carbocycles. The van der Waals surface area contributed by atoms with Crippen LogP contribution >= 0.6 is 12.2 Å². The van der Waals surface area contributed by atoms with Crippen LogP contribution in [0.15, 0.2) is 28.9 Å². The van der Waals surface area contributed by atoms with Gasteiger partial charge in [-0.15, -0.1) is 0 Å². The zero-order valence-electron chi connectivity index (χ0n) is 15.1. The van der Waals surface area contributed by atoms with Crippen LogP contribution in [0.1, 0.15) is 31.9 Å². The normalized spacial score (nSPS) is 16.9. The van der Waals surface area contributed by atoms with Gasteiger partial charge in [0.15, 0.2) is 5.11 Å².